The molecule has 1 aromatic carbocycles. The van der Waals surface area contributed by atoms with Crippen molar-refractivity contribution in [3.63, 3.8) is 0 Å². The molecule has 0 aromatic heterocycles. The lowest BCUT2D eigenvalue weighted by Gasteiger charge is -2.27. The number of nitrogens with one attached hydrogen (secondary N) is 1. The van der Waals surface area contributed by atoms with Gasteiger partial charge in [-0.2, -0.15) is 0 Å². The molecule has 0 bridgehead atoms. The van der Waals surface area contributed by atoms with Crippen molar-refractivity contribution in [2.45, 2.75) is 12.8 Å². The van der Waals surface area contributed by atoms with Gasteiger partial charge in [-0.1, -0.05) is 0 Å². The van der Waals surface area contributed by atoms with Crippen molar-refractivity contribution < 1.29 is 8.42 Å². The third-order valence-corrected chi connectivity index (χ3v) is 3.34. The minimum absolute atomic E-state index is 0.650. The maximum atomic E-state index is 11.1. The van der Waals surface area contributed by atoms with E-state index in [1.54, 1.807) is 0 Å². The summed E-state index contributed by atoms with van der Waals surface area (Å²) in [6.07, 6.45) is 3.29. The Kier molecular flexibility index (Phi) is 2.80. The Morgan fingerprint density at radius 3 is 2.81 bits per heavy atom. The SMILES string of the molecule is CN1CCCc2cc(NS(C)(=O)=O)ccc21. The second-order valence-corrected chi connectivity index (χ2v) is 5.99. The zero-order valence-electron chi connectivity index (χ0n) is 9.53. The van der Waals surface area contributed by atoms with Crippen molar-refractivity contribution in [3.8, 4) is 0 Å². The predicted octanol–water partition coefficient (Wildman–Crippen LogP) is 1.44. The summed E-state index contributed by atoms with van der Waals surface area (Å²) in [5, 5.41) is 0. The third-order valence-electron chi connectivity index (χ3n) is 2.73. The van der Waals surface area contributed by atoms with Gasteiger partial charge in [-0.05, 0) is 36.6 Å². The molecular weight excluding hydrogens is 224 g/mol. The van der Waals surface area contributed by atoms with Crippen LogP contribution in [0.1, 0.15) is 12.0 Å². The van der Waals surface area contributed by atoms with Crippen molar-refractivity contribution in [1.29, 1.82) is 0 Å². The number of fused-ring (bicyclic) bond motifs is 1. The van der Waals surface area contributed by atoms with Gasteiger partial charge in [-0.15, -0.1) is 0 Å². The Balaban J connectivity index is 2.32. The van der Waals surface area contributed by atoms with Crippen LogP contribution in [0.4, 0.5) is 11.4 Å². The van der Waals surface area contributed by atoms with Crippen LogP contribution >= 0.6 is 0 Å². The van der Waals surface area contributed by atoms with E-state index in [0.717, 1.165) is 19.4 Å². The Morgan fingerprint density at radius 2 is 2.12 bits per heavy atom. The molecule has 0 unspecified atom stereocenters. The van der Waals surface area contributed by atoms with Gasteiger partial charge in [0.1, 0.15) is 0 Å². The van der Waals surface area contributed by atoms with Gasteiger partial charge in [-0.25, -0.2) is 8.42 Å². The van der Waals surface area contributed by atoms with Gasteiger partial charge < -0.3 is 4.90 Å². The molecule has 1 aromatic rings. The topological polar surface area (TPSA) is 49.4 Å². The molecule has 0 saturated heterocycles. The fourth-order valence-electron chi connectivity index (χ4n) is 2.06. The summed E-state index contributed by atoms with van der Waals surface area (Å²) in [6, 6.07) is 5.70. The van der Waals surface area contributed by atoms with Gasteiger partial charge in [0.15, 0.2) is 0 Å². The molecule has 5 heteroatoms. The zero-order valence-corrected chi connectivity index (χ0v) is 10.3. The largest absolute Gasteiger partial charge is 0.374 e. The number of hydrogen-bond donors (Lipinski definition) is 1. The highest BCUT2D eigenvalue weighted by molar-refractivity contribution is 7.92. The molecule has 88 valence electrons. The Labute approximate surface area is 96.3 Å². The number of rotatable bonds is 2. The Morgan fingerprint density at radius 1 is 1.38 bits per heavy atom. The predicted molar refractivity (Wildman–Crippen MR) is 66.5 cm³/mol. The number of hydrogen-bond acceptors (Lipinski definition) is 3. The third kappa shape index (κ3) is 2.47. The number of benzene rings is 1. The highest BCUT2D eigenvalue weighted by atomic mass is 32.2. The van der Waals surface area contributed by atoms with Crippen molar-refractivity contribution in [3.05, 3.63) is 23.8 Å². The zero-order chi connectivity index (χ0) is 11.8. The summed E-state index contributed by atoms with van der Waals surface area (Å²) in [7, 11) is -1.12. The van der Waals surface area contributed by atoms with Crippen LogP contribution in [0.15, 0.2) is 18.2 Å². The molecular formula is C11H16N2O2S. The van der Waals surface area contributed by atoms with Crippen molar-refractivity contribution in [1.82, 2.24) is 0 Å². The van der Waals surface area contributed by atoms with Crippen molar-refractivity contribution in [2.75, 3.05) is 29.5 Å². The minimum Gasteiger partial charge on any atom is -0.374 e. The average Bonchev–Trinajstić information content (AvgIpc) is 2.15. The lowest BCUT2D eigenvalue weighted by molar-refractivity contribution is 0.607. The van der Waals surface area contributed by atoms with Gasteiger partial charge in [0.25, 0.3) is 0 Å². The summed E-state index contributed by atoms with van der Waals surface area (Å²) >= 11 is 0. The second kappa shape index (κ2) is 3.97. The average molecular weight is 240 g/mol. The molecule has 0 fully saturated rings. The molecule has 2 rings (SSSR count). The van der Waals surface area contributed by atoms with Crippen molar-refractivity contribution in [2.24, 2.45) is 0 Å². The van der Waals surface area contributed by atoms with Gasteiger partial charge in [-0.3, -0.25) is 4.72 Å². The van der Waals surface area contributed by atoms with Crippen LogP contribution in [0.25, 0.3) is 0 Å². The van der Waals surface area contributed by atoms with E-state index in [4.69, 9.17) is 0 Å². The van der Waals surface area contributed by atoms with Gasteiger partial charge >= 0.3 is 0 Å². The molecule has 4 nitrogen and oxygen atoms in total. The van der Waals surface area contributed by atoms with Crippen LogP contribution in [0, 0.1) is 0 Å². The van der Waals surface area contributed by atoms with Gasteiger partial charge in [0.2, 0.25) is 10.0 Å². The normalized spacial score (nSPS) is 15.8. The first kappa shape index (κ1) is 11.3. The maximum Gasteiger partial charge on any atom is 0.229 e. The van der Waals surface area contributed by atoms with Crippen LogP contribution in [0.3, 0.4) is 0 Å². The summed E-state index contributed by atoms with van der Waals surface area (Å²) in [5.41, 5.74) is 3.06. The Bertz CT molecular complexity index is 497. The minimum atomic E-state index is -3.18. The summed E-state index contributed by atoms with van der Waals surface area (Å²) in [5.74, 6) is 0. The lowest BCUT2D eigenvalue weighted by atomic mass is 10.0. The summed E-state index contributed by atoms with van der Waals surface area (Å²) < 4.78 is 24.7. The van der Waals surface area contributed by atoms with E-state index >= 15 is 0 Å². The molecule has 1 heterocycles. The number of sulfonamides is 1. The van der Waals surface area contributed by atoms with Crippen LogP contribution in [-0.4, -0.2) is 28.3 Å². The summed E-state index contributed by atoms with van der Waals surface area (Å²) in [4.78, 5) is 2.20. The standard InChI is InChI=1S/C11H16N2O2S/c1-13-7-3-4-9-8-10(5-6-11(9)13)12-16(2,14)15/h5-6,8,12H,3-4,7H2,1-2H3. The van der Waals surface area contributed by atoms with E-state index in [1.165, 1.54) is 17.5 Å². The lowest BCUT2D eigenvalue weighted by Crippen LogP contribution is -2.24. The Hall–Kier alpha value is -1.23. The molecule has 0 amide bonds. The highest BCUT2D eigenvalue weighted by Crippen LogP contribution is 2.28. The van der Waals surface area contributed by atoms with Crippen LogP contribution in [-0.2, 0) is 16.4 Å². The van der Waals surface area contributed by atoms with Crippen LogP contribution in [0.2, 0.25) is 0 Å². The van der Waals surface area contributed by atoms with E-state index in [0.29, 0.717) is 5.69 Å². The smallest absolute Gasteiger partial charge is 0.229 e. The van der Waals surface area contributed by atoms with E-state index in [-0.39, 0.29) is 0 Å². The molecule has 0 spiro atoms. The van der Waals surface area contributed by atoms with E-state index < -0.39 is 10.0 Å². The summed E-state index contributed by atoms with van der Waals surface area (Å²) in [6.45, 7) is 1.06. The van der Waals surface area contributed by atoms with Gasteiger partial charge in [0.05, 0.1) is 6.26 Å². The monoisotopic (exact) mass is 240 g/mol. The number of anilines is 2. The second-order valence-electron chi connectivity index (χ2n) is 4.24. The highest BCUT2D eigenvalue weighted by Gasteiger charge is 2.14. The molecule has 16 heavy (non-hydrogen) atoms. The fourth-order valence-corrected chi connectivity index (χ4v) is 2.62. The molecule has 1 aliphatic heterocycles. The number of nitrogens with zero attached hydrogens (tertiary/aromatic N) is 1. The molecule has 0 radical (unpaired) electrons. The van der Waals surface area contributed by atoms with E-state index in [2.05, 4.69) is 16.7 Å². The first-order chi connectivity index (χ1) is 7.46. The quantitative estimate of drug-likeness (QED) is 0.851. The molecule has 1 aliphatic rings. The molecule has 0 atom stereocenters. The number of aryl methyl sites for hydroxylation is 1. The van der Waals surface area contributed by atoms with E-state index in [1.807, 2.05) is 18.2 Å². The van der Waals surface area contributed by atoms with Gasteiger partial charge in [0, 0.05) is 25.0 Å². The molecule has 0 saturated carbocycles. The van der Waals surface area contributed by atoms with Crippen LogP contribution < -0.4 is 9.62 Å². The van der Waals surface area contributed by atoms with E-state index in [9.17, 15) is 8.42 Å². The van der Waals surface area contributed by atoms with Crippen molar-refractivity contribution >= 4 is 21.4 Å². The first-order valence-corrected chi connectivity index (χ1v) is 7.17. The van der Waals surface area contributed by atoms with Crippen LogP contribution in [0.5, 0.6) is 0 Å². The molecule has 1 N–H and O–H groups in total. The maximum absolute atomic E-state index is 11.1. The molecule has 0 aliphatic carbocycles. The first-order valence-electron chi connectivity index (χ1n) is 5.27. The fraction of sp³-hybridized carbons (Fsp3) is 0.455.